The van der Waals surface area contributed by atoms with Gasteiger partial charge in [-0.25, -0.2) is 4.98 Å². The first-order chi connectivity index (χ1) is 13.1. The van der Waals surface area contributed by atoms with Gasteiger partial charge in [-0.3, -0.25) is 14.3 Å². The number of pyridine rings is 1. The third-order valence-corrected chi connectivity index (χ3v) is 5.08. The van der Waals surface area contributed by atoms with Gasteiger partial charge in [-0.05, 0) is 31.0 Å². The first-order valence-corrected chi connectivity index (χ1v) is 9.15. The fraction of sp³-hybridized carbons (Fsp3) is 0.286. The molecule has 2 aromatic heterocycles. The van der Waals surface area contributed by atoms with Gasteiger partial charge in [0.1, 0.15) is 0 Å². The second-order valence-electron chi connectivity index (χ2n) is 6.88. The number of benzene rings is 1. The van der Waals surface area contributed by atoms with Crippen LogP contribution in [0, 0.1) is 0 Å². The molecule has 0 saturated carbocycles. The van der Waals surface area contributed by atoms with Crippen molar-refractivity contribution in [3.63, 3.8) is 0 Å². The fourth-order valence-electron chi connectivity index (χ4n) is 3.49. The van der Waals surface area contributed by atoms with E-state index in [1.54, 1.807) is 23.0 Å². The lowest BCUT2D eigenvalue weighted by Crippen LogP contribution is -2.45. The summed E-state index contributed by atoms with van der Waals surface area (Å²) in [6, 6.07) is 15.0. The summed E-state index contributed by atoms with van der Waals surface area (Å²) in [4.78, 5) is 23.5. The summed E-state index contributed by atoms with van der Waals surface area (Å²) in [5.41, 5.74) is 2.27. The monoisotopic (exact) mass is 362 g/mol. The lowest BCUT2D eigenvalue weighted by molar-refractivity contribution is 0.177. The molecule has 4 rings (SSSR count). The molecule has 2 atom stereocenters. The standard InChI is InChI=1S/C21H22N4O2/c1-15-9-12-24-20(27)13-18(16-7-10-22-11-8-16)23-21(24)25(15)14-19(26)17-5-3-2-4-6-17/h2-8,10-11,13,15,19,26H,9,12,14H2,1H3. The number of hydrogen-bond donors (Lipinski definition) is 1. The van der Waals surface area contributed by atoms with Gasteiger partial charge in [-0.2, -0.15) is 0 Å². The predicted octanol–water partition coefficient (Wildman–Crippen LogP) is 2.64. The van der Waals surface area contributed by atoms with Crippen molar-refractivity contribution in [2.75, 3.05) is 11.4 Å². The average Bonchev–Trinajstić information content (AvgIpc) is 2.71. The third kappa shape index (κ3) is 3.48. The summed E-state index contributed by atoms with van der Waals surface area (Å²) in [6.07, 6.45) is 3.56. The SMILES string of the molecule is CC1CCn2c(nc(-c3ccncc3)cc2=O)N1CC(O)c1ccccc1. The minimum atomic E-state index is -0.651. The smallest absolute Gasteiger partial charge is 0.255 e. The molecule has 3 heterocycles. The Morgan fingerprint density at radius 2 is 1.93 bits per heavy atom. The van der Waals surface area contributed by atoms with E-state index in [0.29, 0.717) is 24.7 Å². The maximum absolute atomic E-state index is 12.7. The molecule has 0 amide bonds. The van der Waals surface area contributed by atoms with Crippen LogP contribution < -0.4 is 10.5 Å². The zero-order valence-corrected chi connectivity index (χ0v) is 15.2. The van der Waals surface area contributed by atoms with E-state index < -0.39 is 6.10 Å². The third-order valence-electron chi connectivity index (χ3n) is 5.08. The van der Waals surface area contributed by atoms with Crippen molar-refractivity contribution >= 4 is 5.95 Å². The topological polar surface area (TPSA) is 71.2 Å². The van der Waals surface area contributed by atoms with Crippen LogP contribution in [0.25, 0.3) is 11.3 Å². The number of aliphatic hydroxyl groups excluding tert-OH is 1. The van der Waals surface area contributed by atoms with Crippen molar-refractivity contribution in [2.24, 2.45) is 0 Å². The van der Waals surface area contributed by atoms with E-state index in [2.05, 4.69) is 11.9 Å². The van der Waals surface area contributed by atoms with Crippen LogP contribution in [0.2, 0.25) is 0 Å². The van der Waals surface area contributed by atoms with E-state index in [9.17, 15) is 9.90 Å². The van der Waals surface area contributed by atoms with Crippen LogP contribution in [0.3, 0.4) is 0 Å². The summed E-state index contributed by atoms with van der Waals surface area (Å²) in [5, 5.41) is 10.7. The maximum Gasteiger partial charge on any atom is 0.255 e. The number of rotatable bonds is 4. The quantitative estimate of drug-likeness (QED) is 0.773. The molecule has 0 radical (unpaired) electrons. The van der Waals surface area contributed by atoms with Gasteiger partial charge in [0, 0.05) is 36.6 Å². The van der Waals surface area contributed by atoms with Gasteiger partial charge in [-0.15, -0.1) is 0 Å². The predicted molar refractivity (Wildman–Crippen MR) is 105 cm³/mol. The number of aromatic nitrogens is 3. The molecule has 3 aromatic rings. The molecule has 6 nitrogen and oxygen atoms in total. The van der Waals surface area contributed by atoms with E-state index in [1.807, 2.05) is 47.4 Å². The Bertz CT molecular complexity index is 972. The molecular formula is C21H22N4O2. The Hall–Kier alpha value is -2.99. The molecule has 0 spiro atoms. The average molecular weight is 362 g/mol. The van der Waals surface area contributed by atoms with Crippen molar-refractivity contribution in [1.29, 1.82) is 0 Å². The van der Waals surface area contributed by atoms with Crippen LogP contribution in [0.5, 0.6) is 0 Å². The van der Waals surface area contributed by atoms with E-state index in [4.69, 9.17) is 4.98 Å². The summed E-state index contributed by atoms with van der Waals surface area (Å²) < 4.78 is 1.70. The first-order valence-electron chi connectivity index (χ1n) is 9.15. The van der Waals surface area contributed by atoms with Crippen LogP contribution in [0.15, 0.2) is 65.7 Å². The molecule has 27 heavy (non-hydrogen) atoms. The molecule has 1 N–H and O–H groups in total. The molecule has 0 fully saturated rings. The number of fused-ring (bicyclic) bond motifs is 1. The minimum Gasteiger partial charge on any atom is -0.387 e. The number of anilines is 1. The zero-order chi connectivity index (χ0) is 18.8. The van der Waals surface area contributed by atoms with Gasteiger partial charge < -0.3 is 10.0 Å². The minimum absolute atomic E-state index is 0.0714. The molecule has 1 aromatic carbocycles. The summed E-state index contributed by atoms with van der Waals surface area (Å²) in [7, 11) is 0. The van der Waals surface area contributed by atoms with Crippen LogP contribution in [-0.4, -0.2) is 32.2 Å². The summed E-state index contributed by atoms with van der Waals surface area (Å²) in [5.74, 6) is 0.614. The van der Waals surface area contributed by atoms with Crippen molar-refractivity contribution in [2.45, 2.75) is 32.0 Å². The zero-order valence-electron chi connectivity index (χ0n) is 15.2. The number of hydrogen-bond acceptors (Lipinski definition) is 5. The molecule has 0 aliphatic carbocycles. The van der Waals surface area contributed by atoms with Gasteiger partial charge in [0.25, 0.3) is 5.56 Å². The van der Waals surface area contributed by atoms with E-state index in [-0.39, 0.29) is 11.6 Å². The molecule has 6 heteroatoms. The van der Waals surface area contributed by atoms with Crippen molar-refractivity contribution in [3.05, 3.63) is 76.8 Å². The van der Waals surface area contributed by atoms with Gasteiger partial charge in [0.2, 0.25) is 5.95 Å². The Kier molecular flexibility index (Phi) is 4.73. The molecular weight excluding hydrogens is 340 g/mol. The number of β-amino-alcohol motifs (C(OH)–C–C–N with tert-alkyl or cyclic N) is 1. The van der Waals surface area contributed by atoms with Crippen LogP contribution >= 0.6 is 0 Å². The number of nitrogens with zero attached hydrogens (tertiary/aromatic N) is 4. The number of aliphatic hydroxyl groups is 1. The lowest BCUT2D eigenvalue weighted by Gasteiger charge is -2.37. The molecule has 1 aliphatic rings. The molecule has 0 saturated heterocycles. The molecule has 2 unspecified atom stereocenters. The molecule has 0 bridgehead atoms. The Morgan fingerprint density at radius 3 is 2.67 bits per heavy atom. The highest BCUT2D eigenvalue weighted by atomic mass is 16.3. The first kappa shape index (κ1) is 17.4. The van der Waals surface area contributed by atoms with Crippen molar-refractivity contribution in [3.8, 4) is 11.3 Å². The van der Waals surface area contributed by atoms with Gasteiger partial charge >= 0.3 is 0 Å². The Labute approximate surface area is 157 Å². The van der Waals surface area contributed by atoms with Gasteiger partial charge in [0.05, 0.1) is 18.3 Å². The lowest BCUT2D eigenvalue weighted by atomic mass is 10.1. The van der Waals surface area contributed by atoms with Crippen LogP contribution in [0.4, 0.5) is 5.95 Å². The van der Waals surface area contributed by atoms with Gasteiger partial charge in [-0.1, -0.05) is 30.3 Å². The molecule has 1 aliphatic heterocycles. The van der Waals surface area contributed by atoms with E-state index in [1.165, 1.54) is 0 Å². The van der Waals surface area contributed by atoms with Crippen LogP contribution in [0.1, 0.15) is 25.0 Å². The van der Waals surface area contributed by atoms with Crippen molar-refractivity contribution in [1.82, 2.24) is 14.5 Å². The van der Waals surface area contributed by atoms with E-state index in [0.717, 1.165) is 17.5 Å². The van der Waals surface area contributed by atoms with Crippen molar-refractivity contribution < 1.29 is 5.11 Å². The largest absolute Gasteiger partial charge is 0.387 e. The maximum atomic E-state index is 12.7. The fourth-order valence-corrected chi connectivity index (χ4v) is 3.49. The second-order valence-corrected chi connectivity index (χ2v) is 6.88. The summed E-state index contributed by atoms with van der Waals surface area (Å²) in [6.45, 7) is 3.13. The highest BCUT2D eigenvalue weighted by Gasteiger charge is 2.28. The van der Waals surface area contributed by atoms with Gasteiger partial charge in [0.15, 0.2) is 0 Å². The highest BCUT2D eigenvalue weighted by Crippen LogP contribution is 2.27. The summed E-state index contributed by atoms with van der Waals surface area (Å²) >= 11 is 0. The van der Waals surface area contributed by atoms with Crippen LogP contribution in [-0.2, 0) is 6.54 Å². The second kappa shape index (κ2) is 7.32. The highest BCUT2D eigenvalue weighted by molar-refractivity contribution is 5.59. The Morgan fingerprint density at radius 1 is 1.19 bits per heavy atom. The normalized spacial score (nSPS) is 17.4. The molecule has 138 valence electrons. The van der Waals surface area contributed by atoms with E-state index >= 15 is 0 Å². The Balaban J connectivity index is 1.72.